The Balaban J connectivity index is 2.06. The second-order valence-electron chi connectivity index (χ2n) is 7.12. The highest BCUT2D eigenvalue weighted by molar-refractivity contribution is 9.10. The third-order valence-electron chi connectivity index (χ3n) is 4.77. The van der Waals surface area contributed by atoms with E-state index in [1.807, 2.05) is 56.3 Å². The molecular formula is C23H29BrN2O2S. The Labute approximate surface area is 186 Å². The van der Waals surface area contributed by atoms with Crippen LogP contribution in [-0.4, -0.2) is 34.6 Å². The topological polar surface area (TPSA) is 49.4 Å². The van der Waals surface area contributed by atoms with Gasteiger partial charge in [0.2, 0.25) is 11.8 Å². The maximum Gasteiger partial charge on any atom is 0.242 e. The first kappa shape index (κ1) is 23.5. The molecule has 0 aliphatic carbocycles. The number of benzene rings is 2. The van der Waals surface area contributed by atoms with E-state index >= 15 is 0 Å². The highest BCUT2D eigenvalue weighted by Crippen LogP contribution is 2.17. The van der Waals surface area contributed by atoms with Crippen LogP contribution in [0.2, 0.25) is 0 Å². The van der Waals surface area contributed by atoms with Crippen LogP contribution in [0.5, 0.6) is 0 Å². The average Bonchev–Trinajstić information content (AvgIpc) is 2.73. The number of rotatable bonds is 10. The van der Waals surface area contributed by atoms with Gasteiger partial charge in [-0.05, 0) is 43.5 Å². The second-order valence-corrected chi connectivity index (χ2v) is 9.02. The SMILES string of the molecule is CC[C@@H](C)NC(=O)[C@H](C)N(Cc1ccc(Br)cc1)C(=O)CSCc1ccccc1. The van der Waals surface area contributed by atoms with Gasteiger partial charge in [-0.2, -0.15) is 0 Å². The minimum atomic E-state index is -0.530. The minimum Gasteiger partial charge on any atom is -0.352 e. The normalized spacial score (nSPS) is 12.8. The average molecular weight is 477 g/mol. The van der Waals surface area contributed by atoms with Crippen LogP contribution < -0.4 is 5.32 Å². The number of thioether (sulfide) groups is 1. The quantitative estimate of drug-likeness (QED) is 0.523. The van der Waals surface area contributed by atoms with Gasteiger partial charge in [0, 0.05) is 22.8 Å². The number of amides is 2. The number of hydrogen-bond donors (Lipinski definition) is 1. The zero-order chi connectivity index (χ0) is 21.2. The first-order valence-electron chi connectivity index (χ1n) is 9.86. The summed E-state index contributed by atoms with van der Waals surface area (Å²) in [6, 6.07) is 17.5. The number of carbonyl (C=O) groups excluding carboxylic acids is 2. The van der Waals surface area contributed by atoms with E-state index in [1.54, 1.807) is 23.6 Å². The number of nitrogens with zero attached hydrogens (tertiary/aromatic N) is 1. The summed E-state index contributed by atoms with van der Waals surface area (Å²) in [5.41, 5.74) is 2.19. The summed E-state index contributed by atoms with van der Waals surface area (Å²) < 4.78 is 0.986. The molecule has 6 heteroatoms. The van der Waals surface area contributed by atoms with E-state index in [-0.39, 0.29) is 17.9 Å². The summed E-state index contributed by atoms with van der Waals surface area (Å²) >= 11 is 5.01. The van der Waals surface area contributed by atoms with Crippen LogP contribution in [0, 0.1) is 0 Å². The monoisotopic (exact) mass is 476 g/mol. The Morgan fingerprint density at radius 2 is 1.69 bits per heavy atom. The highest BCUT2D eigenvalue weighted by Gasteiger charge is 2.26. The summed E-state index contributed by atoms with van der Waals surface area (Å²) in [6.45, 7) is 6.21. The summed E-state index contributed by atoms with van der Waals surface area (Å²) in [4.78, 5) is 27.4. The largest absolute Gasteiger partial charge is 0.352 e. The summed E-state index contributed by atoms with van der Waals surface area (Å²) in [5, 5.41) is 2.99. The van der Waals surface area contributed by atoms with Crippen LogP contribution in [0.25, 0.3) is 0 Å². The van der Waals surface area contributed by atoms with Gasteiger partial charge in [-0.15, -0.1) is 11.8 Å². The first-order chi connectivity index (χ1) is 13.9. The molecule has 1 N–H and O–H groups in total. The van der Waals surface area contributed by atoms with E-state index < -0.39 is 6.04 Å². The van der Waals surface area contributed by atoms with Crippen LogP contribution in [0.4, 0.5) is 0 Å². The van der Waals surface area contributed by atoms with Gasteiger partial charge in [-0.3, -0.25) is 9.59 Å². The second kappa shape index (κ2) is 12.0. The van der Waals surface area contributed by atoms with Gasteiger partial charge in [-0.25, -0.2) is 0 Å². The lowest BCUT2D eigenvalue weighted by Crippen LogP contribution is -2.50. The molecule has 4 nitrogen and oxygen atoms in total. The molecule has 0 fully saturated rings. The molecule has 0 aliphatic rings. The summed E-state index contributed by atoms with van der Waals surface area (Å²) in [5.74, 6) is 0.969. The molecule has 0 heterocycles. The van der Waals surface area contributed by atoms with Gasteiger partial charge in [-0.1, -0.05) is 65.3 Å². The van der Waals surface area contributed by atoms with Crippen molar-refractivity contribution in [1.29, 1.82) is 0 Å². The predicted molar refractivity (Wildman–Crippen MR) is 125 cm³/mol. The lowest BCUT2D eigenvalue weighted by molar-refractivity contribution is -0.138. The molecule has 0 spiro atoms. The molecule has 2 amide bonds. The van der Waals surface area contributed by atoms with E-state index in [2.05, 4.69) is 33.4 Å². The first-order valence-corrected chi connectivity index (χ1v) is 11.8. The number of carbonyl (C=O) groups is 2. The summed E-state index contributed by atoms with van der Waals surface area (Å²) in [6.07, 6.45) is 0.853. The molecule has 156 valence electrons. The molecule has 0 saturated heterocycles. The third kappa shape index (κ3) is 7.86. The van der Waals surface area contributed by atoms with E-state index in [0.29, 0.717) is 12.3 Å². The van der Waals surface area contributed by atoms with Crippen molar-refractivity contribution >= 4 is 39.5 Å². The molecule has 2 rings (SSSR count). The molecule has 29 heavy (non-hydrogen) atoms. The maximum absolute atomic E-state index is 13.0. The van der Waals surface area contributed by atoms with Crippen LogP contribution >= 0.6 is 27.7 Å². The number of hydrogen-bond acceptors (Lipinski definition) is 3. The number of halogens is 1. The highest BCUT2D eigenvalue weighted by atomic mass is 79.9. The van der Waals surface area contributed by atoms with Gasteiger partial charge in [0.25, 0.3) is 0 Å². The van der Waals surface area contributed by atoms with E-state index in [4.69, 9.17) is 0 Å². The fourth-order valence-electron chi connectivity index (χ4n) is 2.75. The van der Waals surface area contributed by atoms with Crippen molar-refractivity contribution in [3.63, 3.8) is 0 Å². The third-order valence-corrected chi connectivity index (χ3v) is 6.29. The van der Waals surface area contributed by atoms with E-state index in [1.165, 1.54) is 5.56 Å². The Bertz CT molecular complexity index is 783. The zero-order valence-electron chi connectivity index (χ0n) is 17.2. The lowest BCUT2D eigenvalue weighted by atomic mass is 10.1. The van der Waals surface area contributed by atoms with Crippen LogP contribution in [-0.2, 0) is 21.9 Å². The van der Waals surface area contributed by atoms with Crippen molar-refractivity contribution in [3.05, 3.63) is 70.2 Å². The molecule has 0 aliphatic heterocycles. The van der Waals surface area contributed by atoms with Crippen molar-refractivity contribution in [1.82, 2.24) is 10.2 Å². The predicted octanol–water partition coefficient (Wildman–Crippen LogP) is 5.01. The molecule has 2 aromatic rings. The molecule has 2 atom stereocenters. The molecule has 0 unspecified atom stereocenters. The fraction of sp³-hybridized carbons (Fsp3) is 0.391. The van der Waals surface area contributed by atoms with Gasteiger partial charge in [0.1, 0.15) is 6.04 Å². The Hall–Kier alpha value is -1.79. The van der Waals surface area contributed by atoms with Crippen LogP contribution in [0.1, 0.15) is 38.3 Å². The minimum absolute atomic E-state index is 0.0272. The van der Waals surface area contributed by atoms with E-state index in [9.17, 15) is 9.59 Å². The van der Waals surface area contributed by atoms with Crippen molar-refractivity contribution in [2.45, 2.75) is 51.6 Å². The van der Waals surface area contributed by atoms with Crippen LogP contribution in [0.3, 0.4) is 0 Å². The van der Waals surface area contributed by atoms with Crippen molar-refractivity contribution in [2.24, 2.45) is 0 Å². The fourth-order valence-corrected chi connectivity index (χ4v) is 3.88. The smallest absolute Gasteiger partial charge is 0.242 e. The Morgan fingerprint density at radius 3 is 2.31 bits per heavy atom. The molecule has 0 bridgehead atoms. The standard InChI is InChI=1S/C23H29BrN2O2S/c1-4-17(2)25-23(28)18(3)26(14-19-10-12-21(24)13-11-19)22(27)16-29-15-20-8-6-5-7-9-20/h5-13,17-18H,4,14-16H2,1-3H3,(H,25,28)/t17-,18+/m1/s1. The molecule has 0 radical (unpaired) electrons. The van der Waals surface area contributed by atoms with E-state index in [0.717, 1.165) is 22.2 Å². The van der Waals surface area contributed by atoms with Crippen LogP contribution in [0.15, 0.2) is 59.1 Å². The molecule has 2 aromatic carbocycles. The molecular weight excluding hydrogens is 448 g/mol. The molecule has 0 saturated carbocycles. The van der Waals surface area contributed by atoms with Gasteiger partial charge >= 0.3 is 0 Å². The van der Waals surface area contributed by atoms with Crippen molar-refractivity contribution in [3.8, 4) is 0 Å². The lowest BCUT2D eigenvalue weighted by Gasteiger charge is -2.29. The van der Waals surface area contributed by atoms with Crippen molar-refractivity contribution < 1.29 is 9.59 Å². The number of nitrogens with one attached hydrogen (secondary N) is 1. The Kier molecular flexibility index (Phi) is 9.74. The van der Waals surface area contributed by atoms with Gasteiger partial charge < -0.3 is 10.2 Å². The van der Waals surface area contributed by atoms with Gasteiger partial charge in [0.05, 0.1) is 5.75 Å². The van der Waals surface area contributed by atoms with Crippen molar-refractivity contribution in [2.75, 3.05) is 5.75 Å². The van der Waals surface area contributed by atoms with Gasteiger partial charge in [0.15, 0.2) is 0 Å². The summed E-state index contributed by atoms with van der Waals surface area (Å²) in [7, 11) is 0. The zero-order valence-corrected chi connectivity index (χ0v) is 19.6. The maximum atomic E-state index is 13.0. The molecule has 0 aromatic heterocycles. The Morgan fingerprint density at radius 1 is 1.03 bits per heavy atom.